The number of nitrogens with one attached hydrogen (secondary N) is 2. The van der Waals surface area contributed by atoms with Crippen molar-refractivity contribution in [1.82, 2.24) is 19.9 Å². The van der Waals surface area contributed by atoms with Crippen LogP contribution in [0.2, 0.25) is 0 Å². The Labute approximate surface area is 109 Å². The molecule has 7 heteroatoms. The summed E-state index contributed by atoms with van der Waals surface area (Å²) < 4.78 is 0. The van der Waals surface area contributed by atoms with Gasteiger partial charge in [-0.05, 0) is 31.5 Å². The van der Waals surface area contributed by atoms with Crippen molar-refractivity contribution in [3.05, 3.63) is 23.8 Å². The van der Waals surface area contributed by atoms with E-state index in [2.05, 4.69) is 25.4 Å². The number of imidazole rings is 1. The summed E-state index contributed by atoms with van der Waals surface area (Å²) in [6.07, 6.45) is 5.85. The fourth-order valence-corrected chi connectivity index (χ4v) is 2.49. The fraction of sp³-hybridized carbons (Fsp3) is 0.364. The van der Waals surface area contributed by atoms with Crippen molar-refractivity contribution in [3.8, 4) is 0 Å². The molecule has 6 nitrogen and oxygen atoms in total. The SMILES string of the molecule is Cc1c(NN)nc(C2CC2)nc1Sc1ncc[nH]1. The zero-order chi connectivity index (χ0) is 12.5. The van der Waals surface area contributed by atoms with E-state index in [4.69, 9.17) is 5.84 Å². The summed E-state index contributed by atoms with van der Waals surface area (Å²) in [6, 6.07) is 0. The van der Waals surface area contributed by atoms with Gasteiger partial charge < -0.3 is 10.4 Å². The van der Waals surface area contributed by atoms with Gasteiger partial charge in [-0.1, -0.05) is 0 Å². The first-order valence-corrected chi connectivity index (χ1v) is 6.62. The summed E-state index contributed by atoms with van der Waals surface area (Å²) in [5.74, 6) is 7.58. The van der Waals surface area contributed by atoms with Crippen LogP contribution in [0.4, 0.5) is 5.82 Å². The smallest absolute Gasteiger partial charge is 0.171 e. The highest BCUT2D eigenvalue weighted by molar-refractivity contribution is 7.99. The Morgan fingerprint density at radius 2 is 2.28 bits per heavy atom. The highest BCUT2D eigenvalue weighted by atomic mass is 32.2. The first-order valence-electron chi connectivity index (χ1n) is 5.80. The average molecular weight is 262 g/mol. The monoisotopic (exact) mass is 262 g/mol. The highest BCUT2D eigenvalue weighted by Gasteiger charge is 2.28. The lowest BCUT2D eigenvalue weighted by atomic mass is 10.3. The van der Waals surface area contributed by atoms with E-state index < -0.39 is 0 Å². The maximum Gasteiger partial charge on any atom is 0.171 e. The molecule has 0 bridgehead atoms. The minimum Gasteiger partial charge on any atom is -0.339 e. The van der Waals surface area contributed by atoms with Gasteiger partial charge in [-0.3, -0.25) is 0 Å². The molecule has 0 radical (unpaired) electrons. The maximum absolute atomic E-state index is 5.51. The second-order valence-electron chi connectivity index (χ2n) is 4.28. The molecule has 0 aromatic carbocycles. The molecular weight excluding hydrogens is 248 g/mol. The molecule has 3 rings (SSSR count). The van der Waals surface area contributed by atoms with Crippen LogP contribution in [0.3, 0.4) is 0 Å². The highest BCUT2D eigenvalue weighted by Crippen LogP contribution is 2.40. The van der Waals surface area contributed by atoms with Crippen LogP contribution in [0, 0.1) is 6.92 Å². The summed E-state index contributed by atoms with van der Waals surface area (Å²) in [4.78, 5) is 16.3. The minimum atomic E-state index is 0.494. The normalized spacial score (nSPS) is 14.8. The lowest BCUT2D eigenvalue weighted by Crippen LogP contribution is -2.13. The Morgan fingerprint density at radius 1 is 1.44 bits per heavy atom. The van der Waals surface area contributed by atoms with Crippen LogP contribution in [-0.4, -0.2) is 19.9 Å². The molecule has 2 heterocycles. The molecule has 4 N–H and O–H groups in total. The van der Waals surface area contributed by atoms with Crippen molar-refractivity contribution in [2.75, 3.05) is 5.43 Å². The molecule has 2 aromatic heterocycles. The Morgan fingerprint density at radius 3 is 2.89 bits per heavy atom. The van der Waals surface area contributed by atoms with Gasteiger partial charge in [-0.25, -0.2) is 20.8 Å². The lowest BCUT2D eigenvalue weighted by molar-refractivity contribution is 0.859. The number of hydrogen-bond donors (Lipinski definition) is 3. The molecule has 1 fully saturated rings. The Hall–Kier alpha value is -1.60. The van der Waals surface area contributed by atoms with Crippen molar-refractivity contribution in [1.29, 1.82) is 0 Å². The van der Waals surface area contributed by atoms with E-state index in [1.165, 1.54) is 11.8 Å². The summed E-state index contributed by atoms with van der Waals surface area (Å²) in [6.45, 7) is 1.96. The Kier molecular flexibility index (Phi) is 2.92. The van der Waals surface area contributed by atoms with Crippen LogP contribution in [-0.2, 0) is 0 Å². The quantitative estimate of drug-likeness (QED) is 0.442. The molecule has 1 aliphatic carbocycles. The first-order chi connectivity index (χ1) is 8.78. The topological polar surface area (TPSA) is 92.5 Å². The molecule has 94 valence electrons. The summed E-state index contributed by atoms with van der Waals surface area (Å²) >= 11 is 1.50. The summed E-state index contributed by atoms with van der Waals surface area (Å²) in [5.41, 5.74) is 3.59. The van der Waals surface area contributed by atoms with Crippen LogP contribution < -0.4 is 11.3 Å². The number of nitrogens with zero attached hydrogens (tertiary/aromatic N) is 3. The molecule has 2 aromatic rings. The second kappa shape index (κ2) is 4.58. The Bertz CT molecular complexity index is 549. The predicted molar refractivity (Wildman–Crippen MR) is 69.3 cm³/mol. The first kappa shape index (κ1) is 11.5. The summed E-state index contributed by atoms with van der Waals surface area (Å²) in [5, 5.41) is 1.72. The number of H-pyrrole nitrogens is 1. The zero-order valence-electron chi connectivity index (χ0n) is 9.97. The van der Waals surface area contributed by atoms with Gasteiger partial charge in [0, 0.05) is 23.9 Å². The number of aromatic nitrogens is 4. The van der Waals surface area contributed by atoms with E-state index in [0.717, 1.165) is 34.4 Å². The largest absolute Gasteiger partial charge is 0.339 e. The van der Waals surface area contributed by atoms with Crippen molar-refractivity contribution in [2.24, 2.45) is 5.84 Å². The van der Waals surface area contributed by atoms with Gasteiger partial charge in [-0.15, -0.1) is 0 Å². The molecule has 0 aliphatic heterocycles. The molecule has 0 spiro atoms. The number of nitrogens with two attached hydrogens (primary N) is 1. The maximum atomic E-state index is 5.51. The van der Waals surface area contributed by atoms with Crippen molar-refractivity contribution in [3.63, 3.8) is 0 Å². The summed E-state index contributed by atoms with van der Waals surface area (Å²) in [7, 11) is 0. The number of hydrogen-bond acceptors (Lipinski definition) is 6. The fourth-order valence-electron chi connectivity index (χ4n) is 1.67. The van der Waals surface area contributed by atoms with Crippen LogP contribution in [0.1, 0.15) is 30.1 Å². The number of rotatable bonds is 4. The van der Waals surface area contributed by atoms with Gasteiger partial charge >= 0.3 is 0 Å². The van der Waals surface area contributed by atoms with Crippen LogP contribution in [0.15, 0.2) is 22.6 Å². The van der Waals surface area contributed by atoms with Crippen LogP contribution in [0.5, 0.6) is 0 Å². The number of nitrogen functional groups attached to an aromatic ring is 1. The standard InChI is InChI=1S/C11H14N6S/c1-6-8(17-12)15-9(7-2-3-7)16-10(6)18-11-13-4-5-14-11/h4-5,7H,2-3,12H2,1H3,(H,13,14)(H,15,16,17). The molecule has 1 saturated carbocycles. The van der Waals surface area contributed by atoms with Gasteiger partial charge in [0.1, 0.15) is 16.7 Å². The molecule has 1 aliphatic rings. The van der Waals surface area contributed by atoms with Crippen molar-refractivity contribution in [2.45, 2.75) is 35.9 Å². The van der Waals surface area contributed by atoms with E-state index in [1.54, 1.807) is 12.4 Å². The van der Waals surface area contributed by atoms with Gasteiger partial charge in [-0.2, -0.15) is 0 Å². The average Bonchev–Trinajstić information content (AvgIpc) is 3.11. The van der Waals surface area contributed by atoms with Crippen LogP contribution >= 0.6 is 11.8 Å². The van der Waals surface area contributed by atoms with Crippen molar-refractivity contribution < 1.29 is 0 Å². The van der Waals surface area contributed by atoms with E-state index in [1.807, 2.05) is 6.92 Å². The second-order valence-corrected chi connectivity index (χ2v) is 5.25. The third-order valence-electron chi connectivity index (χ3n) is 2.86. The van der Waals surface area contributed by atoms with Gasteiger partial charge in [0.2, 0.25) is 0 Å². The van der Waals surface area contributed by atoms with E-state index in [9.17, 15) is 0 Å². The van der Waals surface area contributed by atoms with Crippen LogP contribution in [0.25, 0.3) is 0 Å². The molecule has 0 saturated heterocycles. The minimum absolute atomic E-state index is 0.494. The molecule has 0 unspecified atom stereocenters. The third kappa shape index (κ3) is 2.19. The van der Waals surface area contributed by atoms with E-state index in [-0.39, 0.29) is 0 Å². The number of hydrazine groups is 1. The molecule has 18 heavy (non-hydrogen) atoms. The predicted octanol–water partition coefficient (Wildman–Crippen LogP) is 1.82. The van der Waals surface area contributed by atoms with E-state index in [0.29, 0.717) is 11.7 Å². The van der Waals surface area contributed by atoms with Gasteiger partial charge in [0.15, 0.2) is 5.16 Å². The number of anilines is 1. The molecule has 0 amide bonds. The Balaban J connectivity index is 1.98. The number of aromatic amines is 1. The lowest BCUT2D eigenvalue weighted by Gasteiger charge is -2.10. The van der Waals surface area contributed by atoms with Gasteiger partial charge in [0.25, 0.3) is 0 Å². The zero-order valence-corrected chi connectivity index (χ0v) is 10.8. The van der Waals surface area contributed by atoms with Crippen molar-refractivity contribution >= 4 is 17.6 Å². The van der Waals surface area contributed by atoms with E-state index >= 15 is 0 Å². The molecular formula is C11H14N6S. The third-order valence-corrected chi connectivity index (χ3v) is 3.87. The molecule has 0 atom stereocenters. The van der Waals surface area contributed by atoms with Gasteiger partial charge in [0.05, 0.1) is 0 Å².